The minimum Gasteiger partial charge on any atom is -0.339 e. The molecule has 0 unspecified atom stereocenters. The summed E-state index contributed by atoms with van der Waals surface area (Å²) in [6, 6.07) is 6.30. The van der Waals surface area contributed by atoms with Gasteiger partial charge in [0.05, 0.1) is 11.1 Å². The number of hydrogen-bond acceptors (Lipinski definition) is 2. The highest BCUT2D eigenvalue weighted by atomic mass is 16.2. The first kappa shape index (κ1) is 13.7. The Labute approximate surface area is 131 Å². The number of pyridine rings is 1. The number of fused-ring (bicyclic) bond motifs is 2. The topological polar surface area (TPSA) is 33.2 Å². The summed E-state index contributed by atoms with van der Waals surface area (Å²) in [5, 5.41) is 1.05. The first-order valence-electron chi connectivity index (χ1n) is 8.45. The van der Waals surface area contributed by atoms with Crippen LogP contribution in [0.2, 0.25) is 0 Å². The van der Waals surface area contributed by atoms with Gasteiger partial charge in [-0.15, -0.1) is 0 Å². The maximum Gasteiger partial charge on any atom is 0.254 e. The zero-order valence-corrected chi connectivity index (χ0v) is 13.2. The van der Waals surface area contributed by atoms with Crippen LogP contribution >= 0.6 is 0 Å². The lowest BCUT2D eigenvalue weighted by molar-refractivity contribution is 0.0793. The van der Waals surface area contributed by atoms with Crippen LogP contribution in [0.5, 0.6) is 0 Å². The Bertz CT molecular complexity index is 745. The molecule has 1 aromatic heterocycles. The van der Waals surface area contributed by atoms with Crippen LogP contribution in [0.3, 0.4) is 0 Å². The minimum absolute atomic E-state index is 0.230. The number of carbonyl (C=O) groups excluding carboxylic acids is 1. The van der Waals surface area contributed by atoms with E-state index in [2.05, 4.69) is 25.1 Å². The number of aryl methyl sites for hydroxylation is 2. The van der Waals surface area contributed by atoms with Crippen molar-refractivity contribution in [1.82, 2.24) is 9.88 Å². The van der Waals surface area contributed by atoms with Crippen molar-refractivity contribution in [2.45, 2.75) is 45.4 Å². The molecular formula is C19H22N2O. The number of amides is 1. The number of rotatable bonds is 1. The van der Waals surface area contributed by atoms with Crippen LogP contribution in [0.25, 0.3) is 10.9 Å². The van der Waals surface area contributed by atoms with E-state index >= 15 is 0 Å². The van der Waals surface area contributed by atoms with E-state index < -0.39 is 0 Å². The lowest BCUT2D eigenvalue weighted by Crippen LogP contribution is -2.29. The fourth-order valence-electron chi connectivity index (χ4n) is 3.86. The van der Waals surface area contributed by atoms with Crippen molar-refractivity contribution in [2.75, 3.05) is 13.1 Å². The third-order valence-electron chi connectivity index (χ3n) is 5.02. The lowest BCUT2D eigenvalue weighted by Gasteiger charge is -2.23. The van der Waals surface area contributed by atoms with Crippen LogP contribution in [0.4, 0.5) is 0 Å². The minimum atomic E-state index is 0.230. The van der Waals surface area contributed by atoms with Gasteiger partial charge in [0.25, 0.3) is 5.91 Å². The molecule has 0 saturated carbocycles. The highest BCUT2D eigenvalue weighted by Gasteiger charge is 2.27. The van der Waals surface area contributed by atoms with E-state index in [0.29, 0.717) is 0 Å². The number of benzene rings is 1. The van der Waals surface area contributed by atoms with Crippen LogP contribution in [-0.4, -0.2) is 28.9 Å². The smallest absolute Gasteiger partial charge is 0.254 e. The van der Waals surface area contributed by atoms with E-state index in [0.717, 1.165) is 60.9 Å². The quantitative estimate of drug-likeness (QED) is 0.804. The van der Waals surface area contributed by atoms with Gasteiger partial charge in [0, 0.05) is 24.2 Å². The van der Waals surface area contributed by atoms with Crippen molar-refractivity contribution in [3.05, 3.63) is 40.6 Å². The summed E-state index contributed by atoms with van der Waals surface area (Å²) in [5.41, 5.74) is 5.51. The second-order valence-electron chi connectivity index (χ2n) is 6.64. The lowest BCUT2D eigenvalue weighted by atomic mass is 9.89. The van der Waals surface area contributed by atoms with Gasteiger partial charge >= 0.3 is 0 Å². The van der Waals surface area contributed by atoms with Crippen LogP contribution in [0.15, 0.2) is 18.2 Å². The van der Waals surface area contributed by atoms with Gasteiger partial charge in [0.1, 0.15) is 0 Å². The highest BCUT2D eigenvalue weighted by molar-refractivity contribution is 6.08. The second kappa shape index (κ2) is 5.38. The molecule has 1 fully saturated rings. The molecule has 1 aliphatic carbocycles. The zero-order chi connectivity index (χ0) is 15.1. The molecule has 22 heavy (non-hydrogen) atoms. The van der Waals surface area contributed by atoms with E-state index in [1.165, 1.54) is 24.0 Å². The monoisotopic (exact) mass is 294 g/mol. The van der Waals surface area contributed by atoms with Crippen molar-refractivity contribution in [3.63, 3.8) is 0 Å². The molecule has 0 atom stereocenters. The third kappa shape index (κ3) is 2.20. The number of nitrogens with zero attached hydrogens (tertiary/aromatic N) is 2. The summed E-state index contributed by atoms with van der Waals surface area (Å²) in [6.45, 7) is 3.90. The molecule has 4 rings (SSSR count). The van der Waals surface area contributed by atoms with Crippen molar-refractivity contribution < 1.29 is 4.79 Å². The Morgan fingerprint density at radius 3 is 2.68 bits per heavy atom. The van der Waals surface area contributed by atoms with Gasteiger partial charge in [-0.1, -0.05) is 11.6 Å². The molecule has 0 bridgehead atoms. The largest absolute Gasteiger partial charge is 0.339 e. The Hall–Kier alpha value is -1.90. The second-order valence-corrected chi connectivity index (χ2v) is 6.64. The maximum atomic E-state index is 13.1. The normalized spacial score (nSPS) is 17.8. The van der Waals surface area contributed by atoms with Gasteiger partial charge in [-0.3, -0.25) is 9.78 Å². The van der Waals surface area contributed by atoms with E-state index in [9.17, 15) is 4.79 Å². The Morgan fingerprint density at radius 1 is 1.09 bits per heavy atom. The highest BCUT2D eigenvalue weighted by Crippen LogP contribution is 2.31. The molecule has 1 aliphatic heterocycles. The summed E-state index contributed by atoms with van der Waals surface area (Å²) in [4.78, 5) is 20.0. The predicted octanol–water partition coefficient (Wildman–Crippen LogP) is 3.66. The predicted molar refractivity (Wildman–Crippen MR) is 88.3 cm³/mol. The zero-order valence-electron chi connectivity index (χ0n) is 13.2. The van der Waals surface area contributed by atoms with Gasteiger partial charge < -0.3 is 4.90 Å². The van der Waals surface area contributed by atoms with Crippen LogP contribution in [0, 0.1) is 6.92 Å². The van der Waals surface area contributed by atoms with E-state index in [1.54, 1.807) is 0 Å². The van der Waals surface area contributed by atoms with Crippen molar-refractivity contribution in [3.8, 4) is 0 Å². The van der Waals surface area contributed by atoms with Gasteiger partial charge in [-0.25, -0.2) is 0 Å². The van der Waals surface area contributed by atoms with Crippen molar-refractivity contribution in [1.29, 1.82) is 0 Å². The van der Waals surface area contributed by atoms with Gasteiger partial charge in [0.15, 0.2) is 0 Å². The van der Waals surface area contributed by atoms with Gasteiger partial charge in [0.2, 0.25) is 0 Å². The van der Waals surface area contributed by atoms with E-state index in [4.69, 9.17) is 4.98 Å². The SMILES string of the molecule is Cc1ccc2nc3c(c(C(=O)N4CCCC4)c2c1)CCCC3. The molecule has 1 aromatic carbocycles. The van der Waals surface area contributed by atoms with Crippen LogP contribution < -0.4 is 0 Å². The number of hydrogen-bond donors (Lipinski definition) is 0. The molecular weight excluding hydrogens is 272 g/mol. The molecule has 114 valence electrons. The molecule has 0 N–H and O–H groups in total. The summed E-state index contributed by atoms with van der Waals surface area (Å²) in [5.74, 6) is 0.230. The first-order valence-corrected chi connectivity index (χ1v) is 8.45. The molecule has 0 radical (unpaired) electrons. The molecule has 1 saturated heterocycles. The van der Waals surface area contributed by atoms with Crippen LogP contribution in [-0.2, 0) is 12.8 Å². The first-order chi connectivity index (χ1) is 10.7. The molecule has 3 nitrogen and oxygen atoms in total. The summed E-state index contributed by atoms with van der Waals surface area (Å²) in [6.07, 6.45) is 6.65. The van der Waals surface area contributed by atoms with Crippen molar-refractivity contribution >= 4 is 16.8 Å². The summed E-state index contributed by atoms with van der Waals surface area (Å²) < 4.78 is 0. The fourth-order valence-corrected chi connectivity index (χ4v) is 3.86. The standard InChI is InChI=1S/C19H22N2O/c1-13-8-9-17-15(12-13)18(19(22)21-10-4-5-11-21)14-6-2-3-7-16(14)20-17/h8-9,12H,2-7,10-11H2,1H3. The van der Waals surface area contributed by atoms with Crippen LogP contribution in [0.1, 0.15) is 52.9 Å². The number of aromatic nitrogens is 1. The number of carbonyl (C=O) groups is 1. The molecule has 0 spiro atoms. The molecule has 2 aliphatic rings. The summed E-state index contributed by atoms with van der Waals surface area (Å²) in [7, 11) is 0. The van der Waals surface area contributed by atoms with Gasteiger partial charge in [-0.05, 0) is 63.1 Å². The van der Waals surface area contributed by atoms with E-state index in [-0.39, 0.29) is 5.91 Å². The fraction of sp³-hybridized carbons (Fsp3) is 0.474. The average molecular weight is 294 g/mol. The molecule has 2 aromatic rings. The summed E-state index contributed by atoms with van der Waals surface area (Å²) >= 11 is 0. The average Bonchev–Trinajstić information content (AvgIpc) is 3.06. The maximum absolute atomic E-state index is 13.1. The Kier molecular flexibility index (Phi) is 3.36. The van der Waals surface area contributed by atoms with E-state index in [1.807, 2.05) is 4.90 Å². The molecule has 2 heterocycles. The third-order valence-corrected chi connectivity index (χ3v) is 5.02. The Balaban J connectivity index is 1.96. The van der Waals surface area contributed by atoms with Gasteiger partial charge in [-0.2, -0.15) is 0 Å². The van der Waals surface area contributed by atoms with Crippen molar-refractivity contribution in [2.24, 2.45) is 0 Å². The Morgan fingerprint density at radius 2 is 1.86 bits per heavy atom. The molecule has 3 heteroatoms. The molecule has 1 amide bonds. The number of likely N-dealkylation sites (tertiary alicyclic amines) is 1.